The van der Waals surface area contributed by atoms with Crippen LogP contribution < -0.4 is 5.32 Å². The average molecular weight is 214 g/mol. The number of nitrogens with one attached hydrogen (secondary N) is 1. The normalized spacial score (nSPS) is 10.9. The summed E-state index contributed by atoms with van der Waals surface area (Å²) in [6, 6.07) is 12.3. The molecule has 1 aromatic heterocycles. The Labute approximate surface area is 96.7 Å². The van der Waals surface area contributed by atoms with E-state index in [1.165, 1.54) is 11.8 Å². The zero-order chi connectivity index (χ0) is 11.4. The van der Waals surface area contributed by atoms with Crippen LogP contribution in [0.1, 0.15) is 20.3 Å². The van der Waals surface area contributed by atoms with Crippen molar-refractivity contribution in [3.63, 3.8) is 0 Å². The van der Waals surface area contributed by atoms with Gasteiger partial charge in [0.1, 0.15) is 5.82 Å². The first-order valence-corrected chi connectivity index (χ1v) is 5.85. The van der Waals surface area contributed by atoms with Crippen molar-refractivity contribution in [3.05, 3.63) is 36.4 Å². The van der Waals surface area contributed by atoms with Gasteiger partial charge in [-0.15, -0.1) is 0 Å². The number of hydrogen-bond acceptors (Lipinski definition) is 2. The molecular formula is C14H18N2. The zero-order valence-electron chi connectivity index (χ0n) is 9.90. The molecule has 2 heteroatoms. The molecule has 2 aromatic rings. The first-order chi connectivity index (χ1) is 7.75. The summed E-state index contributed by atoms with van der Waals surface area (Å²) in [5.41, 5.74) is 1.05. The van der Waals surface area contributed by atoms with Crippen molar-refractivity contribution in [1.29, 1.82) is 0 Å². The number of anilines is 1. The molecule has 0 aliphatic carbocycles. The van der Waals surface area contributed by atoms with Crippen molar-refractivity contribution in [2.24, 2.45) is 5.92 Å². The summed E-state index contributed by atoms with van der Waals surface area (Å²) < 4.78 is 0. The van der Waals surface area contributed by atoms with Gasteiger partial charge in [0.2, 0.25) is 0 Å². The van der Waals surface area contributed by atoms with Gasteiger partial charge >= 0.3 is 0 Å². The Morgan fingerprint density at radius 3 is 2.75 bits per heavy atom. The van der Waals surface area contributed by atoms with Gasteiger partial charge in [-0.25, -0.2) is 4.98 Å². The third-order valence-electron chi connectivity index (χ3n) is 2.63. The molecule has 0 fully saturated rings. The second kappa shape index (κ2) is 4.97. The highest BCUT2D eigenvalue weighted by molar-refractivity contribution is 5.79. The van der Waals surface area contributed by atoms with E-state index < -0.39 is 0 Å². The van der Waals surface area contributed by atoms with Crippen LogP contribution in [0.25, 0.3) is 10.9 Å². The summed E-state index contributed by atoms with van der Waals surface area (Å²) in [6.07, 6.45) is 1.18. The van der Waals surface area contributed by atoms with Crippen LogP contribution in [0.4, 0.5) is 5.82 Å². The highest BCUT2D eigenvalue weighted by atomic mass is 15.0. The Morgan fingerprint density at radius 2 is 1.94 bits per heavy atom. The van der Waals surface area contributed by atoms with Crippen molar-refractivity contribution < 1.29 is 0 Å². The number of fused-ring (bicyclic) bond motifs is 1. The van der Waals surface area contributed by atoms with Gasteiger partial charge in [-0.3, -0.25) is 0 Å². The maximum absolute atomic E-state index is 4.56. The van der Waals surface area contributed by atoms with Crippen LogP contribution in [0.2, 0.25) is 0 Å². The molecule has 0 atom stereocenters. The Bertz CT molecular complexity index is 463. The third kappa shape index (κ3) is 2.72. The van der Waals surface area contributed by atoms with E-state index in [0.29, 0.717) is 0 Å². The fourth-order valence-electron chi connectivity index (χ4n) is 1.65. The molecule has 0 unspecified atom stereocenters. The monoisotopic (exact) mass is 214 g/mol. The quantitative estimate of drug-likeness (QED) is 0.839. The van der Waals surface area contributed by atoms with E-state index in [9.17, 15) is 0 Å². The Morgan fingerprint density at radius 1 is 1.12 bits per heavy atom. The molecule has 84 valence electrons. The molecule has 1 aromatic carbocycles. The summed E-state index contributed by atoms with van der Waals surface area (Å²) in [4.78, 5) is 4.56. The van der Waals surface area contributed by atoms with E-state index in [0.717, 1.165) is 23.8 Å². The molecule has 0 saturated heterocycles. The van der Waals surface area contributed by atoms with Crippen molar-refractivity contribution >= 4 is 16.7 Å². The highest BCUT2D eigenvalue weighted by Crippen LogP contribution is 2.14. The molecule has 0 saturated carbocycles. The van der Waals surface area contributed by atoms with Gasteiger partial charge in [-0.1, -0.05) is 32.0 Å². The molecule has 0 amide bonds. The SMILES string of the molecule is CC(C)CCNc1ccc2ccccc2n1. The summed E-state index contributed by atoms with van der Waals surface area (Å²) in [7, 11) is 0. The summed E-state index contributed by atoms with van der Waals surface area (Å²) >= 11 is 0. The Balaban J connectivity index is 2.08. The van der Waals surface area contributed by atoms with Gasteiger partial charge in [0.05, 0.1) is 5.52 Å². The fraction of sp³-hybridized carbons (Fsp3) is 0.357. The van der Waals surface area contributed by atoms with Gasteiger partial charge in [-0.2, -0.15) is 0 Å². The van der Waals surface area contributed by atoms with E-state index >= 15 is 0 Å². The predicted molar refractivity (Wildman–Crippen MR) is 69.7 cm³/mol. The molecule has 1 heterocycles. The van der Waals surface area contributed by atoms with E-state index in [1.807, 2.05) is 24.3 Å². The molecule has 2 nitrogen and oxygen atoms in total. The van der Waals surface area contributed by atoms with Gasteiger partial charge in [0.25, 0.3) is 0 Å². The smallest absolute Gasteiger partial charge is 0.126 e. The van der Waals surface area contributed by atoms with E-state index in [-0.39, 0.29) is 0 Å². The van der Waals surface area contributed by atoms with Crippen LogP contribution in [0.15, 0.2) is 36.4 Å². The molecule has 0 aliphatic rings. The van der Waals surface area contributed by atoms with Crippen molar-refractivity contribution in [2.45, 2.75) is 20.3 Å². The minimum Gasteiger partial charge on any atom is -0.370 e. The van der Waals surface area contributed by atoms with Crippen LogP contribution >= 0.6 is 0 Å². The second-order valence-electron chi connectivity index (χ2n) is 4.50. The standard InChI is InChI=1S/C14H18N2/c1-11(2)9-10-15-14-8-7-12-5-3-4-6-13(12)16-14/h3-8,11H,9-10H2,1-2H3,(H,15,16). The number of para-hydroxylation sites is 1. The lowest BCUT2D eigenvalue weighted by molar-refractivity contribution is 0.607. The van der Waals surface area contributed by atoms with E-state index in [2.05, 4.69) is 36.3 Å². The minimum absolute atomic E-state index is 0.730. The van der Waals surface area contributed by atoms with Crippen LogP contribution in [0, 0.1) is 5.92 Å². The van der Waals surface area contributed by atoms with Crippen molar-refractivity contribution in [2.75, 3.05) is 11.9 Å². The van der Waals surface area contributed by atoms with E-state index in [4.69, 9.17) is 0 Å². The summed E-state index contributed by atoms with van der Waals surface area (Å²) in [5, 5.41) is 4.55. The van der Waals surface area contributed by atoms with Crippen LogP contribution in [-0.4, -0.2) is 11.5 Å². The Hall–Kier alpha value is -1.57. The summed E-state index contributed by atoms with van der Waals surface area (Å²) in [5.74, 6) is 1.70. The van der Waals surface area contributed by atoms with Crippen molar-refractivity contribution in [1.82, 2.24) is 4.98 Å². The topological polar surface area (TPSA) is 24.9 Å². The predicted octanol–water partition coefficient (Wildman–Crippen LogP) is 3.69. The third-order valence-corrected chi connectivity index (χ3v) is 2.63. The molecule has 1 N–H and O–H groups in total. The lowest BCUT2D eigenvalue weighted by Crippen LogP contribution is -2.05. The number of hydrogen-bond donors (Lipinski definition) is 1. The molecule has 0 spiro atoms. The van der Waals surface area contributed by atoms with Crippen LogP contribution in [-0.2, 0) is 0 Å². The fourth-order valence-corrected chi connectivity index (χ4v) is 1.65. The molecule has 0 bridgehead atoms. The number of aromatic nitrogens is 1. The molecule has 0 radical (unpaired) electrons. The second-order valence-corrected chi connectivity index (χ2v) is 4.50. The molecule has 2 rings (SSSR count). The van der Waals surface area contributed by atoms with Gasteiger partial charge in [-0.05, 0) is 30.5 Å². The number of rotatable bonds is 4. The van der Waals surface area contributed by atoms with E-state index in [1.54, 1.807) is 0 Å². The summed E-state index contributed by atoms with van der Waals surface area (Å²) in [6.45, 7) is 5.45. The highest BCUT2D eigenvalue weighted by Gasteiger charge is 1.98. The maximum Gasteiger partial charge on any atom is 0.126 e. The van der Waals surface area contributed by atoms with Gasteiger partial charge in [0, 0.05) is 11.9 Å². The Kier molecular flexibility index (Phi) is 3.40. The molecule has 0 aliphatic heterocycles. The first kappa shape index (κ1) is 10.9. The molecule has 16 heavy (non-hydrogen) atoms. The lowest BCUT2D eigenvalue weighted by atomic mass is 10.1. The number of benzene rings is 1. The lowest BCUT2D eigenvalue weighted by Gasteiger charge is -2.08. The van der Waals surface area contributed by atoms with Gasteiger partial charge in [0.15, 0.2) is 0 Å². The minimum atomic E-state index is 0.730. The van der Waals surface area contributed by atoms with Crippen LogP contribution in [0.3, 0.4) is 0 Å². The zero-order valence-corrected chi connectivity index (χ0v) is 9.90. The molecular weight excluding hydrogens is 196 g/mol. The number of nitrogens with zero attached hydrogens (tertiary/aromatic N) is 1. The first-order valence-electron chi connectivity index (χ1n) is 5.85. The van der Waals surface area contributed by atoms with Gasteiger partial charge < -0.3 is 5.32 Å². The van der Waals surface area contributed by atoms with Crippen LogP contribution in [0.5, 0.6) is 0 Å². The maximum atomic E-state index is 4.56. The number of pyridine rings is 1. The van der Waals surface area contributed by atoms with Crippen molar-refractivity contribution in [3.8, 4) is 0 Å². The average Bonchev–Trinajstić information content (AvgIpc) is 2.28. The largest absolute Gasteiger partial charge is 0.370 e.